The van der Waals surface area contributed by atoms with Gasteiger partial charge in [-0.15, -0.1) is 0 Å². The molecule has 1 aliphatic rings. The minimum absolute atomic E-state index is 0.0574. The summed E-state index contributed by atoms with van der Waals surface area (Å²) >= 11 is 0. The number of aromatic nitrogens is 1. The highest BCUT2D eigenvalue weighted by Crippen LogP contribution is 2.31. The molecule has 0 unspecified atom stereocenters. The first-order valence-electron chi connectivity index (χ1n) is 11.5. The third-order valence-corrected chi connectivity index (χ3v) is 6.10. The molecule has 6 nitrogen and oxygen atoms in total. The van der Waals surface area contributed by atoms with Crippen LogP contribution in [0.4, 0.5) is 10.1 Å². The van der Waals surface area contributed by atoms with Gasteiger partial charge in [0.1, 0.15) is 23.3 Å². The van der Waals surface area contributed by atoms with E-state index >= 15 is 0 Å². The van der Waals surface area contributed by atoms with Crippen molar-refractivity contribution in [3.8, 4) is 5.75 Å². The van der Waals surface area contributed by atoms with Crippen LogP contribution < -0.4 is 15.0 Å². The fourth-order valence-corrected chi connectivity index (χ4v) is 4.33. The van der Waals surface area contributed by atoms with Crippen molar-refractivity contribution in [3.63, 3.8) is 0 Å². The maximum atomic E-state index is 13.8. The van der Waals surface area contributed by atoms with Gasteiger partial charge in [-0.05, 0) is 66.9 Å². The highest BCUT2D eigenvalue weighted by molar-refractivity contribution is 6.09. The Labute approximate surface area is 198 Å². The molecule has 2 aromatic carbocycles. The van der Waals surface area contributed by atoms with Gasteiger partial charge in [-0.25, -0.2) is 4.39 Å². The molecule has 0 aliphatic heterocycles. The molecular formula is C27H28FN3O3. The Morgan fingerprint density at radius 1 is 1.00 bits per heavy atom. The van der Waals surface area contributed by atoms with Crippen molar-refractivity contribution in [1.29, 1.82) is 0 Å². The topological polar surface area (TPSA) is 71.5 Å². The first-order valence-corrected chi connectivity index (χ1v) is 11.5. The molecule has 1 saturated carbocycles. The summed E-state index contributed by atoms with van der Waals surface area (Å²) in [7, 11) is 1.57. The lowest BCUT2D eigenvalue weighted by Crippen LogP contribution is -2.47. The zero-order valence-corrected chi connectivity index (χ0v) is 19.1. The van der Waals surface area contributed by atoms with E-state index < -0.39 is 17.8 Å². The van der Waals surface area contributed by atoms with Gasteiger partial charge in [0, 0.05) is 17.9 Å². The molecule has 4 rings (SSSR count). The molecule has 0 spiro atoms. The van der Waals surface area contributed by atoms with Gasteiger partial charge in [0.25, 0.3) is 5.91 Å². The number of methoxy groups -OCH3 is 1. The monoisotopic (exact) mass is 461 g/mol. The predicted octanol–water partition coefficient (Wildman–Crippen LogP) is 5.07. The summed E-state index contributed by atoms with van der Waals surface area (Å²) in [6.07, 6.45) is 6.63. The van der Waals surface area contributed by atoms with Gasteiger partial charge in [0.05, 0.1) is 7.11 Å². The van der Waals surface area contributed by atoms with E-state index in [9.17, 15) is 14.0 Å². The van der Waals surface area contributed by atoms with Crippen LogP contribution >= 0.6 is 0 Å². The normalized spacial score (nSPS) is 14.8. The number of nitrogens with zero attached hydrogens (tertiary/aromatic N) is 2. The Bertz CT molecular complexity index is 1100. The zero-order valence-electron chi connectivity index (χ0n) is 19.1. The van der Waals surface area contributed by atoms with Gasteiger partial charge in [0.15, 0.2) is 0 Å². The summed E-state index contributed by atoms with van der Waals surface area (Å²) in [6, 6.07) is 16.7. The average molecular weight is 462 g/mol. The molecule has 3 aromatic rings. The van der Waals surface area contributed by atoms with Gasteiger partial charge >= 0.3 is 0 Å². The lowest BCUT2D eigenvalue weighted by Gasteiger charge is -2.33. The molecular weight excluding hydrogens is 433 g/mol. The molecule has 2 amide bonds. The molecule has 1 fully saturated rings. The molecule has 1 aromatic heterocycles. The van der Waals surface area contributed by atoms with E-state index in [4.69, 9.17) is 4.74 Å². The Balaban J connectivity index is 1.79. The molecule has 1 atom stereocenters. The lowest BCUT2D eigenvalue weighted by molar-refractivity contribution is -0.123. The van der Waals surface area contributed by atoms with Crippen molar-refractivity contribution in [1.82, 2.24) is 10.3 Å². The maximum absolute atomic E-state index is 13.8. The van der Waals surface area contributed by atoms with E-state index in [-0.39, 0.29) is 17.6 Å². The molecule has 0 saturated heterocycles. The standard InChI is InChI=1S/C27H28FN3O3/c1-34-23-16-10-19(11-17-23)25(26(32)30-21-7-3-2-4-8-21)31(22-14-12-20(28)13-15-22)27(33)24-9-5-6-18-29-24/h5-6,9-18,21,25H,2-4,7-8H2,1H3,(H,30,32)/t25-/m0/s1. The molecule has 34 heavy (non-hydrogen) atoms. The predicted molar refractivity (Wildman–Crippen MR) is 128 cm³/mol. The summed E-state index contributed by atoms with van der Waals surface area (Å²) in [6.45, 7) is 0. The molecule has 1 heterocycles. The second-order valence-corrected chi connectivity index (χ2v) is 8.39. The first-order chi connectivity index (χ1) is 16.6. The molecule has 0 radical (unpaired) electrons. The summed E-state index contributed by atoms with van der Waals surface area (Å²) < 4.78 is 19.0. The fraction of sp³-hybridized carbons (Fsp3) is 0.296. The number of nitrogens with one attached hydrogen (secondary N) is 1. The van der Waals surface area contributed by atoms with E-state index in [1.54, 1.807) is 49.6 Å². The van der Waals surface area contributed by atoms with Gasteiger partial charge < -0.3 is 10.1 Å². The number of hydrogen-bond acceptors (Lipinski definition) is 4. The number of rotatable bonds is 7. The first kappa shape index (κ1) is 23.4. The van der Waals surface area contributed by atoms with Crippen LogP contribution in [-0.2, 0) is 4.79 Å². The summed E-state index contributed by atoms with van der Waals surface area (Å²) in [5.41, 5.74) is 1.20. The highest BCUT2D eigenvalue weighted by Gasteiger charge is 2.35. The van der Waals surface area contributed by atoms with E-state index in [2.05, 4.69) is 10.3 Å². The van der Waals surface area contributed by atoms with Crippen molar-refractivity contribution < 1.29 is 18.7 Å². The molecule has 176 valence electrons. The van der Waals surface area contributed by atoms with Crippen molar-refractivity contribution >= 4 is 17.5 Å². The second-order valence-electron chi connectivity index (χ2n) is 8.39. The van der Waals surface area contributed by atoms with Crippen molar-refractivity contribution in [2.75, 3.05) is 12.0 Å². The number of hydrogen-bond donors (Lipinski definition) is 1. The van der Waals surface area contributed by atoms with E-state index in [1.165, 1.54) is 35.4 Å². The fourth-order valence-electron chi connectivity index (χ4n) is 4.33. The van der Waals surface area contributed by atoms with E-state index in [0.717, 1.165) is 32.1 Å². The van der Waals surface area contributed by atoms with Crippen molar-refractivity contribution in [2.24, 2.45) is 0 Å². The number of carbonyl (C=O) groups excluding carboxylic acids is 2. The van der Waals surface area contributed by atoms with Crippen LogP contribution in [0.3, 0.4) is 0 Å². The quantitative estimate of drug-likeness (QED) is 0.534. The van der Waals surface area contributed by atoms with Crippen LogP contribution in [0.25, 0.3) is 0 Å². The Morgan fingerprint density at radius 3 is 2.32 bits per heavy atom. The SMILES string of the molecule is COc1ccc([C@@H](C(=O)NC2CCCCC2)N(C(=O)c2ccccn2)c2ccc(F)cc2)cc1. The van der Waals surface area contributed by atoms with Crippen molar-refractivity contribution in [3.05, 3.63) is 90.0 Å². The third kappa shape index (κ3) is 5.42. The van der Waals surface area contributed by atoms with Crippen LogP contribution in [0, 0.1) is 5.82 Å². The second kappa shape index (κ2) is 10.9. The van der Waals surface area contributed by atoms with Crippen molar-refractivity contribution in [2.45, 2.75) is 44.2 Å². The van der Waals surface area contributed by atoms with E-state index in [1.807, 2.05) is 0 Å². The highest BCUT2D eigenvalue weighted by atomic mass is 19.1. The number of amides is 2. The number of pyridine rings is 1. The Kier molecular flexibility index (Phi) is 7.52. The van der Waals surface area contributed by atoms with Crippen LogP contribution in [-0.4, -0.2) is 29.9 Å². The summed E-state index contributed by atoms with van der Waals surface area (Å²) in [4.78, 5) is 33.1. The van der Waals surface area contributed by atoms with Crippen LogP contribution in [0.1, 0.15) is 54.2 Å². The molecule has 7 heteroatoms. The number of anilines is 1. The molecule has 1 aliphatic carbocycles. The minimum atomic E-state index is -0.979. The Hall–Kier alpha value is -3.74. The maximum Gasteiger partial charge on any atom is 0.277 e. The minimum Gasteiger partial charge on any atom is -0.497 e. The zero-order chi connectivity index (χ0) is 23.9. The van der Waals surface area contributed by atoms with Crippen LogP contribution in [0.15, 0.2) is 72.9 Å². The van der Waals surface area contributed by atoms with E-state index in [0.29, 0.717) is 17.0 Å². The van der Waals surface area contributed by atoms with Crippen LogP contribution in [0.5, 0.6) is 5.75 Å². The van der Waals surface area contributed by atoms with Gasteiger partial charge in [-0.1, -0.05) is 37.5 Å². The smallest absolute Gasteiger partial charge is 0.277 e. The summed E-state index contributed by atoms with van der Waals surface area (Å²) in [5, 5.41) is 3.16. The van der Waals surface area contributed by atoms with Gasteiger partial charge in [-0.3, -0.25) is 19.5 Å². The third-order valence-electron chi connectivity index (χ3n) is 6.10. The van der Waals surface area contributed by atoms with Gasteiger partial charge in [-0.2, -0.15) is 0 Å². The Morgan fingerprint density at radius 2 is 1.71 bits per heavy atom. The summed E-state index contributed by atoms with van der Waals surface area (Å²) in [5.74, 6) is -0.529. The average Bonchev–Trinajstić information content (AvgIpc) is 2.89. The number of carbonyl (C=O) groups is 2. The molecule has 0 bridgehead atoms. The number of ether oxygens (including phenoxy) is 1. The molecule has 1 N–H and O–H groups in total. The number of halogens is 1. The lowest BCUT2D eigenvalue weighted by atomic mass is 9.94. The number of benzene rings is 2. The van der Waals surface area contributed by atoms with Gasteiger partial charge in [0.2, 0.25) is 5.91 Å². The van der Waals surface area contributed by atoms with Crippen LogP contribution in [0.2, 0.25) is 0 Å². The largest absolute Gasteiger partial charge is 0.497 e.